The molecule has 1 heterocycles. The monoisotopic (exact) mass is 184 g/mol. The molecule has 1 aromatic rings. The number of nitrogens with zero attached hydrogens (tertiary/aromatic N) is 2. The molecule has 13 heavy (non-hydrogen) atoms. The second kappa shape index (κ2) is 3.99. The van der Waals surface area contributed by atoms with Crippen LogP contribution < -0.4 is 11.1 Å². The van der Waals surface area contributed by atoms with Crippen LogP contribution in [-0.4, -0.2) is 22.1 Å². The molecule has 0 aliphatic heterocycles. The average Bonchev–Trinajstić information content (AvgIpc) is 2.48. The molecule has 0 aromatic carbocycles. The van der Waals surface area contributed by atoms with Crippen LogP contribution in [0.1, 0.15) is 30.4 Å². The molecule has 6 heteroatoms. The van der Waals surface area contributed by atoms with Crippen molar-refractivity contribution in [1.82, 2.24) is 15.5 Å². The molecular weight excluding hydrogens is 172 g/mol. The molecule has 0 atom stereocenters. The second-order valence-electron chi connectivity index (χ2n) is 2.91. The summed E-state index contributed by atoms with van der Waals surface area (Å²) in [5.74, 6) is -0.400. The molecule has 0 spiro atoms. The van der Waals surface area contributed by atoms with Crippen LogP contribution in [0.15, 0.2) is 4.52 Å². The number of primary amides is 1. The summed E-state index contributed by atoms with van der Waals surface area (Å²) in [6.45, 7) is 4.43. The number of nitrogens with one attached hydrogen (secondary N) is 1. The van der Waals surface area contributed by atoms with Crippen molar-refractivity contribution in [1.29, 1.82) is 0 Å². The van der Waals surface area contributed by atoms with Gasteiger partial charge in [0.15, 0.2) is 0 Å². The number of hydrogen-bond donors (Lipinski definition) is 2. The Morgan fingerprint density at radius 3 is 2.85 bits per heavy atom. The highest BCUT2D eigenvalue weighted by Crippen LogP contribution is 1.96. The van der Waals surface area contributed by atoms with Crippen molar-refractivity contribution < 1.29 is 9.32 Å². The lowest BCUT2D eigenvalue weighted by molar-refractivity contribution is 0.0987. The first-order chi connectivity index (χ1) is 6.09. The van der Waals surface area contributed by atoms with Crippen LogP contribution in [0.5, 0.6) is 0 Å². The predicted molar refractivity (Wildman–Crippen MR) is 44.8 cm³/mol. The first kappa shape index (κ1) is 9.66. The van der Waals surface area contributed by atoms with Gasteiger partial charge in [-0.15, -0.1) is 0 Å². The van der Waals surface area contributed by atoms with Crippen molar-refractivity contribution in [2.75, 3.05) is 0 Å². The van der Waals surface area contributed by atoms with Crippen molar-refractivity contribution in [2.24, 2.45) is 5.73 Å². The Balaban J connectivity index is 2.54. The molecule has 1 amide bonds. The minimum Gasteiger partial charge on any atom is -0.363 e. The highest BCUT2D eigenvalue weighted by Gasteiger charge is 2.10. The maximum absolute atomic E-state index is 10.6. The Hall–Kier alpha value is -1.43. The third-order valence-corrected chi connectivity index (χ3v) is 1.35. The van der Waals surface area contributed by atoms with Crippen LogP contribution >= 0.6 is 0 Å². The summed E-state index contributed by atoms with van der Waals surface area (Å²) in [4.78, 5) is 14.3. The van der Waals surface area contributed by atoms with Crippen LogP contribution in [0.2, 0.25) is 0 Å². The molecule has 1 aromatic heterocycles. The third-order valence-electron chi connectivity index (χ3n) is 1.35. The fraction of sp³-hybridized carbons (Fsp3) is 0.571. The van der Waals surface area contributed by atoms with Gasteiger partial charge >= 0.3 is 0 Å². The molecule has 0 aliphatic rings. The number of hydrogen-bond acceptors (Lipinski definition) is 5. The maximum Gasteiger partial charge on any atom is 0.290 e. The van der Waals surface area contributed by atoms with E-state index in [1.54, 1.807) is 0 Å². The minimum absolute atomic E-state index is 0.0828. The molecule has 0 unspecified atom stereocenters. The lowest BCUT2D eigenvalue weighted by Crippen LogP contribution is -2.22. The largest absolute Gasteiger partial charge is 0.363 e. The first-order valence-electron chi connectivity index (χ1n) is 3.95. The van der Waals surface area contributed by atoms with Gasteiger partial charge in [-0.3, -0.25) is 4.79 Å². The smallest absolute Gasteiger partial charge is 0.290 e. The van der Waals surface area contributed by atoms with E-state index in [4.69, 9.17) is 10.3 Å². The Kier molecular flexibility index (Phi) is 2.97. The Bertz CT molecular complexity index is 294. The molecule has 0 radical (unpaired) electrons. The summed E-state index contributed by atoms with van der Waals surface area (Å²) >= 11 is 0. The van der Waals surface area contributed by atoms with E-state index in [1.807, 2.05) is 13.8 Å². The summed E-state index contributed by atoms with van der Waals surface area (Å²) in [6, 6.07) is 0.323. The van der Waals surface area contributed by atoms with Gasteiger partial charge in [-0.1, -0.05) is 19.0 Å². The van der Waals surface area contributed by atoms with E-state index in [9.17, 15) is 4.79 Å². The second-order valence-corrected chi connectivity index (χ2v) is 2.91. The lowest BCUT2D eigenvalue weighted by Gasteiger charge is -2.02. The maximum atomic E-state index is 10.6. The van der Waals surface area contributed by atoms with Gasteiger partial charge < -0.3 is 15.6 Å². The molecule has 0 fully saturated rings. The average molecular weight is 184 g/mol. The topological polar surface area (TPSA) is 94.0 Å². The molecule has 72 valence electrons. The number of nitrogens with two attached hydrogens (primary N) is 1. The van der Waals surface area contributed by atoms with E-state index in [0.717, 1.165) is 0 Å². The summed E-state index contributed by atoms with van der Waals surface area (Å²) in [6.07, 6.45) is 0. The van der Waals surface area contributed by atoms with Gasteiger partial charge in [0.1, 0.15) is 0 Å². The highest BCUT2D eigenvalue weighted by molar-refractivity contribution is 5.88. The zero-order chi connectivity index (χ0) is 9.84. The van der Waals surface area contributed by atoms with Gasteiger partial charge in [0.2, 0.25) is 5.89 Å². The predicted octanol–water partition coefficient (Wildman–Crippen LogP) is -0.334. The number of carbonyl (C=O) groups excluding carboxylic acids is 1. The van der Waals surface area contributed by atoms with Crippen LogP contribution in [0.3, 0.4) is 0 Å². The van der Waals surface area contributed by atoms with Gasteiger partial charge in [-0.05, 0) is 0 Å². The van der Waals surface area contributed by atoms with Gasteiger partial charge in [-0.2, -0.15) is 4.98 Å². The van der Waals surface area contributed by atoms with Crippen LogP contribution in [0.4, 0.5) is 0 Å². The Labute approximate surface area is 75.5 Å². The Morgan fingerprint density at radius 2 is 2.38 bits per heavy atom. The van der Waals surface area contributed by atoms with Crippen molar-refractivity contribution >= 4 is 5.91 Å². The number of aromatic nitrogens is 2. The van der Waals surface area contributed by atoms with E-state index in [0.29, 0.717) is 18.5 Å². The summed E-state index contributed by atoms with van der Waals surface area (Å²) in [5.41, 5.74) is 4.94. The van der Waals surface area contributed by atoms with E-state index in [1.165, 1.54) is 0 Å². The molecule has 1 rings (SSSR count). The molecule has 6 nitrogen and oxygen atoms in total. The van der Waals surface area contributed by atoms with Gasteiger partial charge in [0.25, 0.3) is 11.7 Å². The van der Waals surface area contributed by atoms with Crippen molar-refractivity contribution in [3.8, 4) is 0 Å². The Morgan fingerprint density at radius 1 is 1.69 bits per heavy atom. The van der Waals surface area contributed by atoms with Gasteiger partial charge in [0, 0.05) is 6.04 Å². The van der Waals surface area contributed by atoms with Crippen molar-refractivity contribution in [3.63, 3.8) is 0 Å². The lowest BCUT2D eigenvalue weighted by atomic mass is 10.4. The fourth-order valence-corrected chi connectivity index (χ4v) is 0.718. The highest BCUT2D eigenvalue weighted by atomic mass is 16.5. The SMILES string of the molecule is CC(C)NCc1nc(C(N)=O)no1. The zero-order valence-corrected chi connectivity index (χ0v) is 7.57. The van der Waals surface area contributed by atoms with Crippen LogP contribution in [0.25, 0.3) is 0 Å². The molecule has 0 bridgehead atoms. The standard InChI is InChI=1S/C7H12N4O2/c1-4(2)9-3-5-10-7(6(8)12)11-13-5/h4,9H,3H2,1-2H3,(H2,8,12). The molecule has 3 N–H and O–H groups in total. The number of rotatable bonds is 4. The summed E-state index contributed by atoms with van der Waals surface area (Å²) in [7, 11) is 0. The van der Waals surface area contributed by atoms with E-state index >= 15 is 0 Å². The minimum atomic E-state index is -0.681. The quantitative estimate of drug-likeness (QED) is 0.668. The first-order valence-corrected chi connectivity index (χ1v) is 3.95. The van der Waals surface area contributed by atoms with Crippen LogP contribution in [0, 0.1) is 0 Å². The number of carbonyl (C=O) groups is 1. The van der Waals surface area contributed by atoms with Crippen LogP contribution in [-0.2, 0) is 6.54 Å². The zero-order valence-electron chi connectivity index (χ0n) is 7.57. The molecule has 0 saturated heterocycles. The third kappa shape index (κ3) is 2.83. The summed E-state index contributed by atoms with van der Waals surface area (Å²) in [5, 5.41) is 6.46. The van der Waals surface area contributed by atoms with E-state index in [-0.39, 0.29) is 5.82 Å². The number of amides is 1. The summed E-state index contributed by atoms with van der Waals surface area (Å²) < 4.78 is 4.75. The normalized spacial score (nSPS) is 10.7. The van der Waals surface area contributed by atoms with E-state index < -0.39 is 5.91 Å². The molecule has 0 aliphatic carbocycles. The van der Waals surface area contributed by atoms with Gasteiger partial charge in [-0.25, -0.2) is 0 Å². The molecule has 0 saturated carbocycles. The van der Waals surface area contributed by atoms with Crippen molar-refractivity contribution in [2.45, 2.75) is 26.4 Å². The van der Waals surface area contributed by atoms with E-state index in [2.05, 4.69) is 15.5 Å². The fourth-order valence-electron chi connectivity index (χ4n) is 0.718. The van der Waals surface area contributed by atoms with Crippen molar-refractivity contribution in [3.05, 3.63) is 11.7 Å². The van der Waals surface area contributed by atoms with Gasteiger partial charge in [0.05, 0.1) is 6.54 Å². The molecular formula is C7H12N4O2.